The number of carbonyl (C=O) groups is 2. The van der Waals surface area contributed by atoms with Crippen LogP contribution in [0.2, 0.25) is 0 Å². The summed E-state index contributed by atoms with van der Waals surface area (Å²) in [6, 6.07) is 7.78. The molecule has 21 heavy (non-hydrogen) atoms. The lowest BCUT2D eigenvalue weighted by Gasteiger charge is -2.38. The van der Waals surface area contributed by atoms with E-state index in [0.29, 0.717) is 19.6 Å². The molecule has 112 valence electrons. The Bertz CT molecular complexity index is 558. The van der Waals surface area contributed by atoms with Crippen LogP contribution >= 0.6 is 0 Å². The van der Waals surface area contributed by atoms with Crippen LogP contribution in [0.4, 0.5) is 0 Å². The van der Waals surface area contributed by atoms with Crippen molar-refractivity contribution in [2.24, 2.45) is 0 Å². The number of nitrogens with one attached hydrogen (secondary N) is 1. The lowest BCUT2D eigenvalue weighted by molar-refractivity contribution is -0.148. The number of ether oxygens (including phenoxy) is 1. The maximum Gasteiger partial charge on any atom is 0.243 e. The Balaban J connectivity index is 1.82. The Morgan fingerprint density at radius 3 is 2.95 bits per heavy atom. The van der Waals surface area contributed by atoms with Crippen LogP contribution in [0.1, 0.15) is 30.6 Å². The lowest BCUT2D eigenvalue weighted by Crippen LogP contribution is -2.59. The van der Waals surface area contributed by atoms with Gasteiger partial charge >= 0.3 is 0 Å². The van der Waals surface area contributed by atoms with Crippen molar-refractivity contribution in [1.29, 1.82) is 0 Å². The Morgan fingerprint density at radius 2 is 2.14 bits per heavy atom. The zero-order chi connectivity index (χ0) is 14.8. The molecule has 5 nitrogen and oxygen atoms in total. The van der Waals surface area contributed by atoms with Crippen LogP contribution in [0, 0.1) is 0 Å². The summed E-state index contributed by atoms with van der Waals surface area (Å²) in [5, 5.41) is 2.65. The largest absolute Gasteiger partial charge is 0.371 e. The molecule has 0 saturated carbocycles. The summed E-state index contributed by atoms with van der Waals surface area (Å²) in [5.41, 5.74) is 2.41. The van der Waals surface area contributed by atoms with E-state index < -0.39 is 0 Å². The summed E-state index contributed by atoms with van der Waals surface area (Å²) in [6.45, 7) is 3.11. The van der Waals surface area contributed by atoms with Gasteiger partial charge in [0.15, 0.2) is 0 Å². The fourth-order valence-electron chi connectivity index (χ4n) is 3.14. The Morgan fingerprint density at radius 1 is 1.33 bits per heavy atom. The van der Waals surface area contributed by atoms with Gasteiger partial charge in [0.2, 0.25) is 11.8 Å². The van der Waals surface area contributed by atoms with Gasteiger partial charge in [-0.2, -0.15) is 0 Å². The van der Waals surface area contributed by atoms with Crippen molar-refractivity contribution in [1.82, 2.24) is 10.2 Å². The molecule has 1 fully saturated rings. The van der Waals surface area contributed by atoms with Gasteiger partial charge in [0.25, 0.3) is 0 Å². The predicted molar refractivity (Wildman–Crippen MR) is 77.6 cm³/mol. The second-order valence-electron chi connectivity index (χ2n) is 5.50. The molecule has 0 bridgehead atoms. The van der Waals surface area contributed by atoms with Crippen LogP contribution in [0.25, 0.3) is 0 Å². The number of amides is 2. The van der Waals surface area contributed by atoms with Gasteiger partial charge in [-0.15, -0.1) is 0 Å². The van der Waals surface area contributed by atoms with Gasteiger partial charge in [0, 0.05) is 0 Å². The molecule has 2 heterocycles. The van der Waals surface area contributed by atoms with E-state index in [0.717, 1.165) is 12.0 Å². The van der Waals surface area contributed by atoms with Crippen molar-refractivity contribution in [3.63, 3.8) is 0 Å². The first kappa shape index (κ1) is 14.1. The average Bonchev–Trinajstić information content (AvgIpc) is 2.51. The smallest absolute Gasteiger partial charge is 0.243 e. The van der Waals surface area contributed by atoms with Crippen LogP contribution in [-0.2, 0) is 20.7 Å². The number of hydrogen-bond acceptors (Lipinski definition) is 3. The Labute approximate surface area is 124 Å². The van der Waals surface area contributed by atoms with Crippen LogP contribution in [0.3, 0.4) is 0 Å². The predicted octanol–water partition coefficient (Wildman–Crippen LogP) is 1.04. The van der Waals surface area contributed by atoms with E-state index in [2.05, 4.69) is 17.4 Å². The standard InChI is InChI=1S/C16H20N2O3/c1-2-13-16(20)17-9-15(19)18(13)10-14-12-6-4-3-5-11(12)7-8-21-14/h3-6,13-14H,2,7-10H2,1H3,(H,17,20). The lowest BCUT2D eigenvalue weighted by atomic mass is 9.96. The Hall–Kier alpha value is -1.88. The van der Waals surface area contributed by atoms with Crippen molar-refractivity contribution >= 4 is 11.8 Å². The van der Waals surface area contributed by atoms with Crippen molar-refractivity contribution in [2.75, 3.05) is 19.7 Å². The van der Waals surface area contributed by atoms with E-state index in [-0.39, 0.29) is 30.5 Å². The second kappa shape index (κ2) is 5.85. The summed E-state index contributed by atoms with van der Waals surface area (Å²) in [6.07, 6.45) is 1.38. The molecule has 2 unspecified atom stereocenters. The van der Waals surface area contributed by atoms with Gasteiger partial charge in [-0.1, -0.05) is 31.2 Å². The number of fused-ring (bicyclic) bond motifs is 1. The third-order valence-electron chi connectivity index (χ3n) is 4.25. The molecule has 5 heteroatoms. The highest BCUT2D eigenvalue weighted by Crippen LogP contribution is 2.28. The van der Waals surface area contributed by atoms with Crippen LogP contribution in [0.5, 0.6) is 0 Å². The highest BCUT2D eigenvalue weighted by molar-refractivity contribution is 5.94. The minimum Gasteiger partial charge on any atom is -0.371 e. The first-order valence-electron chi connectivity index (χ1n) is 7.47. The molecule has 3 rings (SSSR count). The Kier molecular flexibility index (Phi) is 3.92. The van der Waals surface area contributed by atoms with Gasteiger partial charge in [-0.05, 0) is 24.0 Å². The first-order chi connectivity index (χ1) is 10.2. The highest BCUT2D eigenvalue weighted by Gasteiger charge is 2.35. The summed E-state index contributed by atoms with van der Waals surface area (Å²) in [5.74, 6) is -0.103. The summed E-state index contributed by atoms with van der Waals surface area (Å²) in [7, 11) is 0. The average molecular weight is 288 g/mol. The van der Waals surface area contributed by atoms with E-state index in [9.17, 15) is 9.59 Å². The topological polar surface area (TPSA) is 58.6 Å². The van der Waals surface area contributed by atoms with Gasteiger partial charge in [-0.3, -0.25) is 9.59 Å². The van der Waals surface area contributed by atoms with E-state index in [1.807, 2.05) is 19.1 Å². The van der Waals surface area contributed by atoms with Crippen molar-refractivity contribution in [3.05, 3.63) is 35.4 Å². The van der Waals surface area contributed by atoms with Crippen LogP contribution in [0.15, 0.2) is 24.3 Å². The second-order valence-corrected chi connectivity index (χ2v) is 5.50. The molecular weight excluding hydrogens is 268 g/mol. The molecule has 1 aromatic carbocycles. The molecule has 2 aliphatic rings. The molecule has 1 N–H and O–H groups in total. The van der Waals surface area contributed by atoms with Gasteiger partial charge < -0.3 is 15.0 Å². The van der Waals surface area contributed by atoms with Gasteiger partial charge in [-0.25, -0.2) is 0 Å². The van der Waals surface area contributed by atoms with Gasteiger partial charge in [0.1, 0.15) is 12.1 Å². The molecule has 2 amide bonds. The quantitative estimate of drug-likeness (QED) is 0.904. The third-order valence-corrected chi connectivity index (χ3v) is 4.25. The molecule has 0 spiro atoms. The van der Waals surface area contributed by atoms with Crippen molar-refractivity contribution < 1.29 is 14.3 Å². The molecule has 2 aliphatic heterocycles. The van der Waals surface area contributed by atoms with E-state index in [1.54, 1.807) is 4.90 Å². The van der Waals surface area contributed by atoms with Gasteiger partial charge in [0.05, 0.1) is 19.7 Å². The zero-order valence-corrected chi connectivity index (χ0v) is 12.2. The fourth-order valence-corrected chi connectivity index (χ4v) is 3.14. The molecule has 1 saturated heterocycles. The number of rotatable bonds is 3. The number of carbonyl (C=O) groups excluding carboxylic acids is 2. The minimum absolute atomic E-state index is 0.0342. The first-order valence-corrected chi connectivity index (χ1v) is 7.47. The molecule has 0 aromatic heterocycles. The molecule has 0 aliphatic carbocycles. The monoisotopic (exact) mass is 288 g/mol. The maximum absolute atomic E-state index is 12.2. The number of benzene rings is 1. The van der Waals surface area contributed by atoms with Crippen molar-refractivity contribution in [2.45, 2.75) is 31.9 Å². The normalized spacial score (nSPS) is 25.5. The SMILES string of the molecule is CCC1C(=O)NCC(=O)N1CC1OCCc2ccccc21. The molecule has 0 radical (unpaired) electrons. The number of piperazine rings is 1. The fraction of sp³-hybridized carbons (Fsp3) is 0.500. The van der Waals surface area contributed by atoms with Crippen molar-refractivity contribution in [3.8, 4) is 0 Å². The van der Waals surface area contributed by atoms with E-state index in [1.165, 1.54) is 5.56 Å². The van der Waals surface area contributed by atoms with E-state index in [4.69, 9.17) is 4.74 Å². The minimum atomic E-state index is -0.385. The molecule has 2 atom stereocenters. The van der Waals surface area contributed by atoms with Crippen LogP contribution in [-0.4, -0.2) is 42.5 Å². The molecule has 1 aromatic rings. The summed E-state index contributed by atoms with van der Waals surface area (Å²) < 4.78 is 5.86. The number of hydrogen-bond donors (Lipinski definition) is 1. The van der Waals surface area contributed by atoms with E-state index >= 15 is 0 Å². The summed E-state index contributed by atoms with van der Waals surface area (Å²) >= 11 is 0. The highest BCUT2D eigenvalue weighted by atomic mass is 16.5. The molecular formula is C16H20N2O3. The number of nitrogens with zero attached hydrogens (tertiary/aromatic N) is 1. The summed E-state index contributed by atoms with van der Waals surface area (Å²) in [4.78, 5) is 25.7. The maximum atomic E-state index is 12.2. The van der Waals surface area contributed by atoms with Crippen LogP contribution < -0.4 is 5.32 Å². The third kappa shape index (κ3) is 2.65. The zero-order valence-electron chi connectivity index (χ0n) is 12.2.